The second-order valence-corrected chi connectivity index (χ2v) is 5.40. The van der Waals surface area contributed by atoms with E-state index in [0.29, 0.717) is 4.47 Å². The minimum Gasteiger partial charge on any atom is -0.436 e. The maximum atomic E-state index is 13.5. The zero-order valence-corrected chi connectivity index (χ0v) is 13.2. The Balaban J connectivity index is 2.43. The highest BCUT2D eigenvalue weighted by atomic mass is 79.9. The number of hydrogen-bond acceptors (Lipinski definition) is 4. The highest BCUT2D eigenvalue weighted by Crippen LogP contribution is 2.36. The molecule has 0 aliphatic rings. The maximum absolute atomic E-state index is 13.5. The van der Waals surface area contributed by atoms with Gasteiger partial charge in [0.2, 0.25) is 5.88 Å². The van der Waals surface area contributed by atoms with Gasteiger partial charge in [0.15, 0.2) is 5.84 Å². The first-order valence-electron chi connectivity index (χ1n) is 5.38. The number of nitrogens with zero attached hydrogens (tertiary/aromatic N) is 2. The number of aromatic nitrogens is 1. The van der Waals surface area contributed by atoms with Crippen molar-refractivity contribution in [1.29, 1.82) is 0 Å². The first-order valence-corrected chi connectivity index (χ1v) is 6.93. The van der Waals surface area contributed by atoms with E-state index >= 15 is 0 Å². The number of benzene rings is 1. The van der Waals surface area contributed by atoms with Crippen molar-refractivity contribution in [3.05, 3.63) is 50.3 Å². The van der Waals surface area contributed by atoms with E-state index in [1.165, 1.54) is 18.3 Å². The standard InChI is InChI=1S/C12H7BrCl2FN3O2/c13-6-3-7(14)8(16)4-9(6)21-12-10(15)5(1-2-18-12)11(17)19-20/h1-4,20H,(H2,17,19). The van der Waals surface area contributed by atoms with E-state index in [0.717, 1.165) is 6.07 Å². The molecule has 0 amide bonds. The van der Waals surface area contributed by atoms with Gasteiger partial charge in [-0.15, -0.1) is 0 Å². The predicted molar refractivity (Wildman–Crippen MR) is 80.9 cm³/mol. The van der Waals surface area contributed by atoms with Gasteiger partial charge in [0, 0.05) is 17.8 Å². The summed E-state index contributed by atoms with van der Waals surface area (Å²) in [7, 11) is 0. The Kier molecular flexibility index (Phi) is 4.87. The molecular formula is C12H7BrCl2FN3O2. The van der Waals surface area contributed by atoms with Crippen molar-refractivity contribution >= 4 is 45.0 Å². The summed E-state index contributed by atoms with van der Waals surface area (Å²) in [5.74, 6) is -0.752. The van der Waals surface area contributed by atoms with Crippen molar-refractivity contribution in [1.82, 2.24) is 4.98 Å². The molecule has 0 aliphatic heterocycles. The summed E-state index contributed by atoms with van der Waals surface area (Å²) in [4.78, 5) is 3.92. The third-order valence-corrected chi connectivity index (χ3v) is 3.70. The molecule has 1 aromatic heterocycles. The van der Waals surface area contributed by atoms with Gasteiger partial charge in [-0.3, -0.25) is 0 Å². The summed E-state index contributed by atoms with van der Waals surface area (Å²) in [5.41, 5.74) is 5.71. The van der Waals surface area contributed by atoms with E-state index in [1.807, 2.05) is 0 Å². The minimum atomic E-state index is -0.654. The molecule has 1 heterocycles. The van der Waals surface area contributed by atoms with Gasteiger partial charge in [0.1, 0.15) is 16.6 Å². The van der Waals surface area contributed by atoms with Crippen LogP contribution in [0, 0.1) is 5.82 Å². The van der Waals surface area contributed by atoms with Crippen LogP contribution in [0.15, 0.2) is 34.0 Å². The molecule has 0 saturated heterocycles. The Bertz CT molecular complexity index is 728. The van der Waals surface area contributed by atoms with Crippen LogP contribution in [0.25, 0.3) is 0 Å². The van der Waals surface area contributed by atoms with Crippen LogP contribution in [0.1, 0.15) is 5.56 Å². The monoisotopic (exact) mass is 393 g/mol. The van der Waals surface area contributed by atoms with Crippen molar-refractivity contribution in [3.63, 3.8) is 0 Å². The molecule has 0 radical (unpaired) electrons. The summed E-state index contributed by atoms with van der Waals surface area (Å²) in [6.07, 6.45) is 1.36. The Hall–Kier alpha value is -1.57. The average molecular weight is 395 g/mol. The van der Waals surface area contributed by atoms with Crippen LogP contribution in [-0.4, -0.2) is 16.0 Å². The highest BCUT2D eigenvalue weighted by Gasteiger charge is 2.15. The van der Waals surface area contributed by atoms with E-state index in [1.54, 1.807) is 0 Å². The van der Waals surface area contributed by atoms with Crippen LogP contribution in [0.2, 0.25) is 10.0 Å². The van der Waals surface area contributed by atoms with Gasteiger partial charge in [-0.2, -0.15) is 0 Å². The lowest BCUT2D eigenvalue weighted by Gasteiger charge is -2.11. The first-order chi connectivity index (χ1) is 9.93. The van der Waals surface area contributed by atoms with Crippen molar-refractivity contribution in [2.24, 2.45) is 10.9 Å². The van der Waals surface area contributed by atoms with Gasteiger partial charge in [-0.1, -0.05) is 28.4 Å². The van der Waals surface area contributed by atoms with Crippen molar-refractivity contribution in [2.45, 2.75) is 0 Å². The summed E-state index contributed by atoms with van der Waals surface area (Å²) in [5, 5.41) is 11.5. The topological polar surface area (TPSA) is 80.7 Å². The number of rotatable bonds is 3. The normalized spacial score (nSPS) is 11.5. The molecule has 0 fully saturated rings. The van der Waals surface area contributed by atoms with Gasteiger partial charge in [-0.25, -0.2) is 9.37 Å². The number of amidine groups is 1. The summed E-state index contributed by atoms with van der Waals surface area (Å²) >= 11 is 14.9. The van der Waals surface area contributed by atoms with Crippen molar-refractivity contribution < 1.29 is 14.3 Å². The van der Waals surface area contributed by atoms with E-state index < -0.39 is 5.82 Å². The SMILES string of the molecule is N/C(=N/O)c1ccnc(Oc2cc(F)c(Cl)cc2Br)c1Cl. The molecule has 21 heavy (non-hydrogen) atoms. The van der Waals surface area contributed by atoms with E-state index in [4.69, 9.17) is 38.9 Å². The van der Waals surface area contributed by atoms with E-state index in [-0.39, 0.29) is 33.1 Å². The number of ether oxygens (including phenoxy) is 1. The van der Waals surface area contributed by atoms with Crippen LogP contribution < -0.4 is 10.5 Å². The second-order valence-electron chi connectivity index (χ2n) is 3.76. The fourth-order valence-electron chi connectivity index (χ4n) is 1.43. The molecule has 0 bridgehead atoms. The van der Waals surface area contributed by atoms with Crippen LogP contribution in [0.5, 0.6) is 11.6 Å². The number of pyridine rings is 1. The molecule has 2 aromatic rings. The molecule has 0 aliphatic carbocycles. The van der Waals surface area contributed by atoms with Crippen LogP contribution >= 0.6 is 39.1 Å². The van der Waals surface area contributed by atoms with Crippen LogP contribution in [0.3, 0.4) is 0 Å². The summed E-state index contributed by atoms with van der Waals surface area (Å²) in [6.45, 7) is 0. The molecule has 5 nitrogen and oxygen atoms in total. The van der Waals surface area contributed by atoms with Gasteiger partial charge >= 0.3 is 0 Å². The zero-order chi connectivity index (χ0) is 15.6. The van der Waals surface area contributed by atoms with Crippen molar-refractivity contribution in [3.8, 4) is 11.6 Å². The number of halogens is 4. The molecule has 0 atom stereocenters. The third kappa shape index (κ3) is 3.37. The molecule has 9 heteroatoms. The molecule has 2 rings (SSSR count). The fourth-order valence-corrected chi connectivity index (χ4v) is 2.40. The van der Waals surface area contributed by atoms with Gasteiger partial charge in [0.25, 0.3) is 0 Å². The number of nitrogens with two attached hydrogens (primary N) is 1. The fraction of sp³-hybridized carbons (Fsp3) is 0. The summed E-state index contributed by atoms with van der Waals surface area (Å²) in [6, 6.07) is 3.87. The molecule has 110 valence electrons. The third-order valence-electron chi connectivity index (χ3n) is 2.42. The smallest absolute Gasteiger partial charge is 0.238 e. The zero-order valence-electron chi connectivity index (χ0n) is 10.1. The highest BCUT2D eigenvalue weighted by molar-refractivity contribution is 9.10. The molecule has 0 unspecified atom stereocenters. The molecule has 0 saturated carbocycles. The minimum absolute atomic E-state index is 0.0232. The second kappa shape index (κ2) is 6.46. The number of hydrogen-bond donors (Lipinski definition) is 2. The van der Waals surface area contributed by atoms with Gasteiger partial charge < -0.3 is 15.7 Å². The Morgan fingerprint density at radius 2 is 2.14 bits per heavy atom. The van der Waals surface area contributed by atoms with Crippen molar-refractivity contribution in [2.75, 3.05) is 0 Å². The summed E-state index contributed by atoms with van der Waals surface area (Å²) < 4.78 is 19.3. The Labute approximate surface area is 137 Å². The maximum Gasteiger partial charge on any atom is 0.238 e. The largest absolute Gasteiger partial charge is 0.436 e. The predicted octanol–water partition coefficient (Wildman–Crippen LogP) is 4.18. The average Bonchev–Trinajstić information content (AvgIpc) is 2.46. The quantitative estimate of drug-likeness (QED) is 0.269. The van der Waals surface area contributed by atoms with Gasteiger partial charge in [-0.05, 0) is 28.1 Å². The molecule has 1 aromatic carbocycles. The lowest BCUT2D eigenvalue weighted by atomic mass is 10.2. The number of oxime groups is 1. The Morgan fingerprint density at radius 1 is 1.43 bits per heavy atom. The molecule has 3 N–H and O–H groups in total. The van der Waals surface area contributed by atoms with Crippen LogP contribution in [0.4, 0.5) is 4.39 Å². The van der Waals surface area contributed by atoms with E-state index in [2.05, 4.69) is 26.1 Å². The van der Waals surface area contributed by atoms with E-state index in [9.17, 15) is 4.39 Å². The molecule has 0 spiro atoms. The van der Waals surface area contributed by atoms with Gasteiger partial charge in [0.05, 0.1) is 9.50 Å². The Morgan fingerprint density at radius 3 is 2.81 bits per heavy atom. The lowest BCUT2D eigenvalue weighted by molar-refractivity contribution is 0.318. The van der Waals surface area contributed by atoms with Crippen LogP contribution in [-0.2, 0) is 0 Å². The molecular weight excluding hydrogens is 388 g/mol. The lowest BCUT2D eigenvalue weighted by Crippen LogP contribution is -2.14. The first kappa shape index (κ1) is 15.8.